The number of rotatable bonds is 4. The van der Waals surface area contributed by atoms with Crippen LogP contribution in [0.5, 0.6) is 11.5 Å². The van der Waals surface area contributed by atoms with E-state index in [0.29, 0.717) is 30.2 Å². The summed E-state index contributed by atoms with van der Waals surface area (Å²) in [6.45, 7) is 5.05. The first-order valence-corrected chi connectivity index (χ1v) is 10.6. The Labute approximate surface area is 181 Å². The summed E-state index contributed by atoms with van der Waals surface area (Å²) in [5.74, 6) is 2.16. The second-order valence-corrected chi connectivity index (χ2v) is 7.67. The Morgan fingerprint density at radius 2 is 1.68 bits per heavy atom. The van der Waals surface area contributed by atoms with Gasteiger partial charge in [-0.2, -0.15) is 0 Å². The van der Waals surface area contributed by atoms with Gasteiger partial charge in [0.05, 0.1) is 5.69 Å². The van der Waals surface area contributed by atoms with Gasteiger partial charge in [0.1, 0.15) is 0 Å². The Bertz CT molecular complexity index is 1070. The van der Waals surface area contributed by atoms with Crippen molar-refractivity contribution in [3.8, 4) is 22.8 Å². The highest BCUT2D eigenvalue weighted by molar-refractivity contribution is 5.95. The standard InChI is InChI=1S/C24H24N4O3/c1-2-17-3-5-18(6-4-17)20-8-10-23(26-25-20)27-11-13-28(14-12-27)24(29)19-7-9-21-22(15-19)31-16-30-21/h3-10,15H,2,11-14,16H2,1H3. The molecule has 0 bridgehead atoms. The highest BCUT2D eigenvalue weighted by Crippen LogP contribution is 2.33. The third-order valence-electron chi connectivity index (χ3n) is 5.82. The summed E-state index contributed by atoms with van der Waals surface area (Å²) in [6.07, 6.45) is 1.02. The summed E-state index contributed by atoms with van der Waals surface area (Å²) in [4.78, 5) is 16.9. The number of piperazine rings is 1. The minimum Gasteiger partial charge on any atom is -0.454 e. The van der Waals surface area contributed by atoms with Crippen LogP contribution >= 0.6 is 0 Å². The van der Waals surface area contributed by atoms with Crippen molar-refractivity contribution in [3.63, 3.8) is 0 Å². The van der Waals surface area contributed by atoms with Crippen molar-refractivity contribution >= 4 is 11.7 Å². The second-order valence-electron chi connectivity index (χ2n) is 7.67. The fourth-order valence-electron chi connectivity index (χ4n) is 3.91. The number of anilines is 1. The lowest BCUT2D eigenvalue weighted by atomic mass is 10.1. The van der Waals surface area contributed by atoms with E-state index in [4.69, 9.17) is 9.47 Å². The summed E-state index contributed by atoms with van der Waals surface area (Å²) >= 11 is 0. The summed E-state index contributed by atoms with van der Waals surface area (Å²) in [5, 5.41) is 8.85. The SMILES string of the molecule is CCc1ccc(-c2ccc(N3CCN(C(=O)c4ccc5c(c4)OCO5)CC3)nn2)cc1. The van der Waals surface area contributed by atoms with E-state index in [1.54, 1.807) is 18.2 Å². The van der Waals surface area contributed by atoms with Gasteiger partial charge in [-0.15, -0.1) is 10.2 Å². The van der Waals surface area contributed by atoms with Crippen LogP contribution in [0.2, 0.25) is 0 Å². The molecule has 7 nitrogen and oxygen atoms in total. The van der Waals surface area contributed by atoms with Crippen molar-refractivity contribution < 1.29 is 14.3 Å². The molecule has 0 atom stereocenters. The Balaban J connectivity index is 1.21. The molecule has 5 rings (SSSR count). The topological polar surface area (TPSA) is 67.8 Å². The average Bonchev–Trinajstić information content (AvgIpc) is 3.32. The molecule has 7 heteroatoms. The molecule has 2 aromatic carbocycles. The van der Waals surface area contributed by atoms with Crippen LogP contribution in [-0.2, 0) is 6.42 Å². The van der Waals surface area contributed by atoms with E-state index in [0.717, 1.165) is 36.6 Å². The van der Waals surface area contributed by atoms with Crippen LogP contribution in [0.1, 0.15) is 22.8 Å². The van der Waals surface area contributed by atoms with Gasteiger partial charge in [0.2, 0.25) is 6.79 Å². The number of carbonyl (C=O) groups excluding carboxylic acids is 1. The number of carbonyl (C=O) groups is 1. The summed E-state index contributed by atoms with van der Waals surface area (Å²) in [5.41, 5.74) is 3.86. The molecule has 1 fully saturated rings. The molecule has 2 aliphatic heterocycles. The van der Waals surface area contributed by atoms with Crippen LogP contribution in [0.15, 0.2) is 54.6 Å². The van der Waals surface area contributed by atoms with Crippen LogP contribution in [0.4, 0.5) is 5.82 Å². The fourth-order valence-corrected chi connectivity index (χ4v) is 3.91. The first kappa shape index (κ1) is 19.4. The molecular weight excluding hydrogens is 392 g/mol. The van der Waals surface area contributed by atoms with Crippen LogP contribution in [0.3, 0.4) is 0 Å². The molecule has 0 aliphatic carbocycles. The van der Waals surface area contributed by atoms with E-state index in [2.05, 4.69) is 46.3 Å². The molecule has 2 aliphatic rings. The van der Waals surface area contributed by atoms with E-state index >= 15 is 0 Å². The smallest absolute Gasteiger partial charge is 0.254 e. The van der Waals surface area contributed by atoms with Crippen molar-refractivity contribution in [3.05, 3.63) is 65.7 Å². The average molecular weight is 416 g/mol. The maximum atomic E-state index is 12.9. The van der Waals surface area contributed by atoms with Gasteiger partial charge in [0.25, 0.3) is 5.91 Å². The lowest BCUT2D eigenvalue weighted by Crippen LogP contribution is -2.49. The van der Waals surface area contributed by atoms with E-state index in [-0.39, 0.29) is 12.7 Å². The number of hydrogen-bond acceptors (Lipinski definition) is 6. The minimum absolute atomic E-state index is 0.00917. The van der Waals surface area contributed by atoms with Crippen molar-refractivity contribution in [2.75, 3.05) is 37.9 Å². The van der Waals surface area contributed by atoms with E-state index in [1.807, 2.05) is 17.0 Å². The molecule has 158 valence electrons. The highest BCUT2D eigenvalue weighted by atomic mass is 16.7. The Hall–Kier alpha value is -3.61. The molecule has 0 saturated carbocycles. The molecular formula is C24H24N4O3. The molecule has 1 amide bonds. The fraction of sp³-hybridized carbons (Fsp3) is 0.292. The molecule has 0 unspecified atom stereocenters. The van der Waals surface area contributed by atoms with Crippen molar-refractivity contribution in [1.29, 1.82) is 0 Å². The largest absolute Gasteiger partial charge is 0.454 e. The quantitative estimate of drug-likeness (QED) is 0.649. The van der Waals surface area contributed by atoms with Crippen molar-refractivity contribution in [1.82, 2.24) is 15.1 Å². The number of aromatic nitrogens is 2. The zero-order valence-corrected chi connectivity index (χ0v) is 17.5. The molecule has 31 heavy (non-hydrogen) atoms. The van der Waals surface area contributed by atoms with Crippen LogP contribution in [0.25, 0.3) is 11.3 Å². The van der Waals surface area contributed by atoms with Crippen LogP contribution in [0, 0.1) is 0 Å². The Morgan fingerprint density at radius 1 is 0.903 bits per heavy atom. The van der Waals surface area contributed by atoms with E-state index < -0.39 is 0 Å². The molecule has 1 saturated heterocycles. The lowest BCUT2D eigenvalue weighted by molar-refractivity contribution is 0.0746. The van der Waals surface area contributed by atoms with Crippen molar-refractivity contribution in [2.45, 2.75) is 13.3 Å². The predicted octanol–water partition coefficient (Wildman–Crippen LogP) is 3.40. The normalized spacial score (nSPS) is 15.3. The lowest BCUT2D eigenvalue weighted by Gasteiger charge is -2.35. The van der Waals surface area contributed by atoms with Crippen LogP contribution < -0.4 is 14.4 Å². The van der Waals surface area contributed by atoms with Gasteiger partial charge < -0.3 is 19.3 Å². The van der Waals surface area contributed by atoms with Gasteiger partial charge in [-0.05, 0) is 42.3 Å². The number of fused-ring (bicyclic) bond motifs is 1. The first-order chi connectivity index (χ1) is 15.2. The van der Waals surface area contributed by atoms with Gasteiger partial charge in [0, 0.05) is 37.3 Å². The molecule has 3 aromatic rings. The summed E-state index contributed by atoms with van der Waals surface area (Å²) < 4.78 is 10.7. The van der Waals surface area contributed by atoms with Gasteiger partial charge in [-0.1, -0.05) is 31.2 Å². The number of nitrogens with zero attached hydrogens (tertiary/aromatic N) is 4. The number of ether oxygens (including phenoxy) is 2. The molecule has 0 spiro atoms. The zero-order valence-electron chi connectivity index (χ0n) is 17.5. The molecule has 1 aromatic heterocycles. The Kier molecular flexibility index (Phi) is 5.16. The van der Waals surface area contributed by atoms with Crippen LogP contribution in [-0.4, -0.2) is 54.0 Å². The second kappa shape index (κ2) is 8.26. The number of aryl methyl sites for hydroxylation is 1. The van der Waals surface area contributed by atoms with Gasteiger partial charge in [-0.25, -0.2) is 0 Å². The number of hydrogen-bond donors (Lipinski definition) is 0. The molecule has 0 radical (unpaired) electrons. The molecule has 3 heterocycles. The predicted molar refractivity (Wildman–Crippen MR) is 118 cm³/mol. The monoisotopic (exact) mass is 416 g/mol. The van der Waals surface area contributed by atoms with Gasteiger partial charge >= 0.3 is 0 Å². The Morgan fingerprint density at radius 3 is 2.39 bits per heavy atom. The van der Waals surface area contributed by atoms with Gasteiger partial charge in [-0.3, -0.25) is 4.79 Å². The number of benzene rings is 2. The maximum Gasteiger partial charge on any atom is 0.254 e. The van der Waals surface area contributed by atoms with E-state index in [9.17, 15) is 4.79 Å². The first-order valence-electron chi connectivity index (χ1n) is 10.6. The number of amides is 1. The summed E-state index contributed by atoms with van der Waals surface area (Å²) in [6, 6.07) is 17.8. The summed E-state index contributed by atoms with van der Waals surface area (Å²) in [7, 11) is 0. The van der Waals surface area contributed by atoms with E-state index in [1.165, 1.54) is 5.56 Å². The zero-order chi connectivity index (χ0) is 21.2. The van der Waals surface area contributed by atoms with Crippen molar-refractivity contribution in [2.24, 2.45) is 0 Å². The highest BCUT2D eigenvalue weighted by Gasteiger charge is 2.25. The third-order valence-corrected chi connectivity index (χ3v) is 5.82. The third kappa shape index (κ3) is 3.91. The minimum atomic E-state index is 0.00917. The molecule has 0 N–H and O–H groups in total. The van der Waals surface area contributed by atoms with Gasteiger partial charge in [0.15, 0.2) is 17.3 Å². The maximum absolute atomic E-state index is 12.9.